The molecule has 5 rings (SSSR count). The Balaban J connectivity index is 1.43. The number of ketones is 1. The fraction of sp³-hybridized carbons (Fsp3) is 0.222. The molecule has 1 aliphatic rings. The van der Waals surface area contributed by atoms with Crippen molar-refractivity contribution in [3.63, 3.8) is 0 Å². The fourth-order valence-corrected chi connectivity index (χ4v) is 5.46. The Labute approximate surface area is 191 Å². The van der Waals surface area contributed by atoms with E-state index >= 15 is 0 Å². The van der Waals surface area contributed by atoms with Gasteiger partial charge in [0.25, 0.3) is 0 Å². The fourth-order valence-electron chi connectivity index (χ4n) is 4.22. The predicted molar refractivity (Wildman–Crippen MR) is 130 cm³/mol. The summed E-state index contributed by atoms with van der Waals surface area (Å²) in [4.78, 5) is 16.9. The van der Waals surface area contributed by atoms with Crippen LogP contribution >= 0.6 is 11.3 Å². The van der Waals surface area contributed by atoms with Crippen molar-refractivity contribution in [2.24, 2.45) is 0 Å². The third-order valence-corrected chi connectivity index (χ3v) is 7.02. The molecule has 162 valence electrons. The van der Waals surface area contributed by atoms with E-state index in [0.29, 0.717) is 11.1 Å². The summed E-state index contributed by atoms with van der Waals surface area (Å²) in [5, 5.41) is 10.8. The predicted octanol–water partition coefficient (Wildman–Crippen LogP) is 5.98. The first-order valence-electron chi connectivity index (χ1n) is 11.0. The number of thiophene rings is 1. The molecule has 0 saturated carbocycles. The van der Waals surface area contributed by atoms with Gasteiger partial charge < -0.3 is 9.84 Å². The average molecular weight is 444 g/mol. The van der Waals surface area contributed by atoms with E-state index in [1.54, 1.807) is 12.1 Å². The largest absolute Gasteiger partial charge is 0.508 e. The second-order valence-corrected chi connectivity index (χ2v) is 9.26. The van der Waals surface area contributed by atoms with Gasteiger partial charge in [-0.25, -0.2) is 0 Å². The number of rotatable bonds is 7. The highest BCUT2D eigenvalue weighted by molar-refractivity contribution is 7.22. The molecule has 1 fully saturated rings. The van der Waals surface area contributed by atoms with Gasteiger partial charge in [0.2, 0.25) is 0 Å². The van der Waals surface area contributed by atoms with Crippen LogP contribution in [0.3, 0.4) is 0 Å². The Bertz CT molecular complexity index is 1240. The highest BCUT2D eigenvalue weighted by Crippen LogP contribution is 2.41. The number of phenolic OH excluding ortho intramolecular Hbond substituents is 1. The Kier molecular flexibility index (Phi) is 5.68. The molecule has 4 aromatic rings. The quantitative estimate of drug-likeness (QED) is 0.357. The van der Waals surface area contributed by atoms with Gasteiger partial charge >= 0.3 is 0 Å². The molecule has 0 aliphatic carbocycles. The lowest BCUT2D eigenvalue weighted by Gasteiger charge is -2.38. The summed E-state index contributed by atoms with van der Waals surface area (Å²) >= 11 is 1.53. The zero-order chi connectivity index (χ0) is 22.1. The number of hydrogen-bond acceptors (Lipinski definition) is 5. The van der Waals surface area contributed by atoms with E-state index in [-0.39, 0.29) is 17.6 Å². The number of carbonyl (C=O) groups is 1. The van der Waals surface area contributed by atoms with Crippen molar-refractivity contribution in [1.82, 2.24) is 4.90 Å². The van der Waals surface area contributed by atoms with Gasteiger partial charge in [0.1, 0.15) is 17.6 Å². The summed E-state index contributed by atoms with van der Waals surface area (Å²) in [6.07, 6.45) is 1.38. The molecule has 0 bridgehead atoms. The Morgan fingerprint density at radius 1 is 1.06 bits per heavy atom. The molecule has 1 N–H and O–H groups in total. The van der Waals surface area contributed by atoms with Crippen molar-refractivity contribution < 1.29 is 14.6 Å². The van der Waals surface area contributed by atoms with Crippen LogP contribution in [-0.4, -0.2) is 41.5 Å². The van der Waals surface area contributed by atoms with Gasteiger partial charge in [-0.05, 0) is 61.0 Å². The summed E-state index contributed by atoms with van der Waals surface area (Å²) in [6, 6.07) is 22.6. The lowest BCUT2D eigenvalue weighted by atomic mass is 9.97. The SMILES string of the molecule is CCCN1CC(Oc2ccc(C(=O)c3c(-c4ccccc4)sc4cc(O)ccc34)cc2)C1. The van der Waals surface area contributed by atoms with Gasteiger partial charge in [-0.3, -0.25) is 9.69 Å². The zero-order valence-corrected chi connectivity index (χ0v) is 18.8. The minimum Gasteiger partial charge on any atom is -0.508 e. The first-order valence-corrected chi connectivity index (χ1v) is 11.8. The highest BCUT2D eigenvalue weighted by Gasteiger charge is 2.27. The highest BCUT2D eigenvalue weighted by atomic mass is 32.1. The lowest BCUT2D eigenvalue weighted by molar-refractivity contribution is 0.0202. The number of aromatic hydroxyl groups is 1. The first-order chi connectivity index (χ1) is 15.6. The van der Waals surface area contributed by atoms with Crippen molar-refractivity contribution in [1.29, 1.82) is 0 Å². The average Bonchev–Trinajstić information content (AvgIpc) is 3.17. The number of benzene rings is 3. The number of nitrogens with zero attached hydrogens (tertiary/aromatic N) is 1. The summed E-state index contributed by atoms with van der Waals surface area (Å²) in [5.41, 5.74) is 2.31. The maximum Gasteiger partial charge on any atom is 0.195 e. The number of carbonyl (C=O) groups excluding carboxylic acids is 1. The van der Waals surface area contributed by atoms with Crippen LogP contribution in [0.25, 0.3) is 20.5 Å². The number of phenols is 1. The maximum atomic E-state index is 13.6. The van der Waals surface area contributed by atoms with Crippen LogP contribution in [0.5, 0.6) is 11.5 Å². The van der Waals surface area contributed by atoms with Crippen molar-refractivity contribution >= 4 is 27.2 Å². The molecular formula is C27H25NO3S. The normalized spacial score (nSPS) is 14.4. The van der Waals surface area contributed by atoms with Gasteiger partial charge in [0.05, 0.1) is 0 Å². The molecule has 0 spiro atoms. The lowest BCUT2D eigenvalue weighted by Crippen LogP contribution is -2.53. The van der Waals surface area contributed by atoms with E-state index in [2.05, 4.69) is 11.8 Å². The standard InChI is InChI=1S/C27H25NO3S/c1-2-14-28-16-22(17-28)31-21-11-8-18(9-12-21)26(30)25-23-13-10-20(29)15-24(23)32-27(25)19-6-4-3-5-7-19/h3-13,15,22,29H,2,14,16-17H2,1H3. The first kappa shape index (κ1) is 20.7. The van der Waals surface area contributed by atoms with Crippen molar-refractivity contribution in [3.05, 3.63) is 83.9 Å². The third-order valence-electron chi connectivity index (χ3n) is 5.82. The van der Waals surface area contributed by atoms with Crippen LogP contribution < -0.4 is 4.74 Å². The number of fused-ring (bicyclic) bond motifs is 1. The van der Waals surface area contributed by atoms with E-state index < -0.39 is 0 Å². The molecule has 0 amide bonds. The molecular weight excluding hydrogens is 418 g/mol. The number of hydrogen-bond donors (Lipinski definition) is 1. The van der Waals surface area contributed by atoms with Crippen LogP contribution in [0, 0.1) is 0 Å². The maximum absolute atomic E-state index is 13.6. The minimum absolute atomic E-state index is 0.0230. The van der Waals surface area contributed by atoms with E-state index in [1.807, 2.05) is 60.7 Å². The van der Waals surface area contributed by atoms with Crippen molar-refractivity contribution in [2.45, 2.75) is 19.4 Å². The van der Waals surface area contributed by atoms with Gasteiger partial charge in [0.15, 0.2) is 5.78 Å². The molecule has 5 heteroatoms. The molecule has 32 heavy (non-hydrogen) atoms. The molecule has 4 nitrogen and oxygen atoms in total. The summed E-state index contributed by atoms with van der Waals surface area (Å²) in [6.45, 7) is 5.22. The molecule has 1 aromatic heterocycles. The molecule has 0 atom stereocenters. The van der Waals surface area contributed by atoms with Gasteiger partial charge in [0, 0.05) is 39.2 Å². The summed E-state index contributed by atoms with van der Waals surface area (Å²) in [5.74, 6) is 0.976. The van der Waals surface area contributed by atoms with E-state index in [1.165, 1.54) is 11.3 Å². The monoisotopic (exact) mass is 443 g/mol. The molecule has 3 aromatic carbocycles. The van der Waals surface area contributed by atoms with Crippen LogP contribution in [0.4, 0.5) is 0 Å². The Morgan fingerprint density at radius 2 is 1.81 bits per heavy atom. The molecule has 0 unspecified atom stereocenters. The van der Waals surface area contributed by atoms with Crippen molar-refractivity contribution in [2.75, 3.05) is 19.6 Å². The summed E-state index contributed by atoms with van der Waals surface area (Å²) < 4.78 is 6.95. The molecule has 1 aliphatic heterocycles. The molecule has 0 radical (unpaired) electrons. The van der Waals surface area contributed by atoms with Gasteiger partial charge in [-0.2, -0.15) is 0 Å². The van der Waals surface area contributed by atoms with Crippen LogP contribution in [0.2, 0.25) is 0 Å². The molecule has 2 heterocycles. The number of likely N-dealkylation sites (tertiary alicyclic amines) is 1. The zero-order valence-electron chi connectivity index (χ0n) is 18.0. The summed E-state index contributed by atoms with van der Waals surface area (Å²) in [7, 11) is 0. The van der Waals surface area contributed by atoms with Crippen LogP contribution in [0.1, 0.15) is 29.3 Å². The van der Waals surface area contributed by atoms with E-state index in [9.17, 15) is 9.90 Å². The Morgan fingerprint density at radius 3 is 2.53 bits per heavy atom. The minimum atomic E-state index is -0.0230. The van der Waals surface area contributed by atoms with Crippen LogP contribution in [-0.2, 0) is 0 Å². The number of ether oxygens (including phenoxy) is 1. The van der Waals surface area contributed by atoms with Crippen LogP contribution in [0.15, 0.2) is 72.8 Å². The van der Waals surface area contributed by atoms with Gasteiger partial charge in [-0.15, -0.1) is 11.3 Å². The van der Waals surface area contributed by atoms with E-state index in [4.69, 9.17) is 4.74 Å². The van der Waals surface area contributed by atoms with E-state index in [0.717, 1.165) is 52.3 Å². The smallest absolute Gasteiger partial charge is 0.195 e. The Hall–Kier alpha value is -3.15. The molecule has 1 saturated heterocycles. The third kappa shape index (κ3) is 4.01. The topological polar surface area (TPSA) is 49.8 Å². The second-order valence-electron chi connectivity index (χ2n) is 8.21. The van der Waals surface area contributed by atoms with Crippen molar-refractivity contribution in [3.8, 4) is 21.9 Å². The van der Waals surface area contributed by atoms with Gasteiger partial charge in [-0.1, -0.05) is 37.3 Å². The second kappa shape index (κ2) is 8.77.